The SMILES string of the molecule is CC.CCCCCC(F)c1ccc(N2CCOC2=O)cc1.COCc1ccc(C(=O)O)s1. The molecule has 1 aromatic carbocycles. The number of cyclic esters (lactones) is 1. The van der Waals surface area contributed by atoms with Crippen LogP contribution < -0.4 is 4.90 Å². The summed E-state index contributed by atoms with van der Waals surface area (Å²) in [4.78, 5) is 24.6. The minimum Gasteiger partial charge on any atom is -0.477 e. The summed E-state index contributed by atoms with van der Waals surface area (Å²) in [6.45, 7) is 7.58. The zero-order valence-electron chi connectivity index (χ0n) is 19.3. The lowest BCUT2D eigenvalue weighted by atomic mass is 10.0. The Morgan fingerprint density at radius 1 is 1.22 bits per heavy atom. The van der Waals surface area contributed by atoms with E-state index in [1.807, 2.05) is 13.8 Å². The van der Waals surface area contributed by atoms with E-state index in [4.69, 9.17) is 14.6 Å². The van der Waals surface area contributed by atoms with E-state index >= 15 is 0 Å². The summed E-state index contributed by atoms with van der Waals surface area (Å²) < 4.78 is 23.7. The maximum Gasteiger partial charge on any atom is 0.414 e. The number of anilines is 1. The minimum atomic E-state index is -0.911. The van der Waals surface area contributed by atoms with Crippen molar-refractivity contribution in [2.75, 3.05) is 25.2 Å². The Morgan fingerprint density at radius 2 is 1.91 bits per heavy atom. The van der Waals surface area contributed by atoms with Crippen LogP contribution in [0.5, 0.6) is 0 Å². The molecule has 6 nitrogen and oxygen atoms in total. The summed E-state index contributed by atoms with van der Waals surface area (Å²) in [7, 11) is 1.58. The monoisotopic (exact) mass is 467 g/mol. The third-order valence-electron chi connectivity index (χ3n) is 4.55. The predicted molar refractivity (Wildman–Crippen MR) is 126 cm³/mol. The van der Waals surface area contributed by atoms with Gasteiger partial charge in [-0.3, -0.25) is 4.90 Å². The quantitative estimate of drug-likeness (QED) is 0.408. The van der Waals surface area contributed by atoms with Crippen molar-refractivity contribution in [2.24, 2.45) is 0 Å². The Labute approximate surface area is 194 Å². The van der Waals surface area contributed by atoms with Gasteiger partial charge in [0.2, 0.25) is 0 Å². The number of thiophene rings is 1. The van der Waals surface area contributed by atoms with Gasteiger partial charge in [-0.1, -0.05) is 52.2 Å². The molecule has 1 N–H and O–H groups in total. The highest BCUT2D eigenvalue weighted by Crippen LogP contribution is 2.27. The predicted octanol–water partition coefficient (Wildman–Crippen LogP) is 6.85. The molecule has 1 amide bonds. The normalized spacial score (nSPS) is 13.4. The Kier molecular flexibility index (Phi) is 13.2. The minimum absolute atomic E-state index is 0.326. The van der Waals surface area contributed by atoms with Gasteiger partial charge in [0.05, 0.1) is 13.2 Å². The number of hydrogen-bond donors (Lipinski definition) is 1. The average Bonchev–Trinajstić information content (AvgIpc) is 3.45. The number of carbonyl (C=O) groups excluding carboxylic acids is 1. The van der Waals surface area contributed by atoms with Crippen molar-refractivity contribution in [3.63, 3.8) is 0 Å². The van der Waals surface area contributed by atoms with Crippen LogP contribution >= 0.6 is 11.3 Å². The first-order chi connectivity index (χ1) is 15.5. The number of halogens is 1. The van der Waals surface area contributed by atoms with Crippen molar-refractivity contribution >= 4 is 29.1 Å². The van der Waals surface area contributed by atoms with Crippen LogP contribution in [-0.4, -0.2) is 37.4 Å². The molecule has 0 aliphatic carbocycles. The molecule has 8 heteroatoms. The number of amides is 1. The number of carboxylic acids is 1. The second-order valence-corrected chi connectivity index (χ2v) is 7.99. The number of methoxy groups -OCH3 is 1. The Balaban J connectivity index is 0.000000335. The van der Waals surface area contributed by atoms with Gasteiger partial charge in [0, 0.05) is 17.7 Å². The number of alkyl halides is 1. The summed E-state index contributed by atoms with van der Waals surface area (Å²) in [5.74, 6) is -0.877. The van der Waals surface area contributed by atoms with Gasteiger partial charge in [0.15, 0.2) is 0 Å². The maximum atomic E-state index is 13.9. The van der Waals surface area contributed by atoms with E-state index in [9.17, 15) is 14.0 Å². The molecule has 0 spiro atoms. The lowest BCUT2D eigenvalue weighted by Crippen LogP contribution is -2.23. The van der Waals surface area contributed by atoms with Gasteiger partial charge >= 0.3 is 12.1 Å². The first-order valence-electron chi connectivity index (χ1n) is 11.0. The topological polar surface area (TPSA) is 76.1 Å². The molecular formula is C24H34FNO5S. The van der Waals surface area contributed by atoms with Crippen molar-refractivity contribution in [3.05, 3.63) is 51.7 Å². The van der Waals surface area contributed by atoms with Crippen LogP contribution in [0.1, 0.15) is 72.7 Å². The molecule has 1 atom stereocenters. The van der Waals surface area contributed by atoms with E-state index < -0.39 is 12.1 Å². The molecule has 1 saturated heterocycles. The lowest BCUT2D eigenvalue weighted by molar-refractivity contribution is 0.0702. The van der Waals surface area contributed by atoms with Crippen molar-refractivity contribution in [3.8, 4) is 0 Å². The zero-order chi connectivity index (χ0) is 23.9. The fraction of sp³-hybridized carbons (Fsp3) is 0.500. The van der Waals surface area contributed by atoms with Crippen LogP contribution in [0.3, 0.4) is 0 Å². The molecule has 0 radical (unpaired) electrons. The fourth-order valence-electron chi connectivity index (χ4n) is 2.94. The fourth-order valence-corrected chi connectivity index (χ4v) is 3.76. The number of carbonyl (C=O) groups is 2. The molecule has 1 aliphatic rings. The number of benzene rings is 1. The molecule has 0 bridgehead atoms. The third kappa shape index (κ3) is 8.96. The summed E-state index contributed by atoms with van der Waals surface area (Å²) in [5, 5.41) is 8.54. The average molecular weight is 468 g/mol. The van der Waals surface area contributed by atoms with Crippen molar-refractivity contribution in [1.29, 1.82) is 0 Å². The van der Waals surface area contributed by atoms with Crippen LogP contribution in [0.15, 0.2) is 36.4 Å². The number of ether oxygens (including phenoxy) is 2. The molecule has 3 rings (SSSR count). The highest BCUT2D eigenvalue weighted by Gasteiger charge is 2.23. The van der Waals surface area contributed by atoms with Gasteiger partial charge in [0.25, 0.3) is 0 Å². The van der Waals surface area contributed by atoms with Crippen LogP contribution in [-0.2, 0) is 16.1 Å². The maximum absolute atomic E-state index is 13.9. The highest BCUT2D eigenvalue weighted by molar-refractivity contribution is 7.13. The summed E-state index contributed by atoms with van der Waals surface area (Å²) in [5.41, 5.74) is 1.46. The molecule has 178 valence electrons. The molecule has 0 saturated carbocycles. The molecule has 1 unspecified atom stereocenters. The van der Waals surface area contributed by atoms with Crippen molar-refractivity contribution in [2.45, 2.75) is 59.2 Å². The van der Waals surface area contributed by atoms with Crippen molar-refractivity contribution < 1.29 is 28.6 Å². The van der Waals surface area contributed by atoms with Crippen LogP contribution in [0.2, 0.25) is 0 Å². The number of carboxylic acid groups (broad SMARTS) is 1. The van der Waals surface area contributed by atoms with E-state index in [0.29, 0.717) is 36.6 Å². The van der Waals surface area contributed by atoms with E-state index in [1.54, 1.807) is 48.4 Å². The first kappa shape index (κ1) is 27.6. The number of hydrogen-bond acceptors (Lipinski definition) is 5. The Bertz CT molecular complexity index is 809. The standard InChI is InChI=1S/C15H20FNO2.C7H8O3S.C2H6/c1-2-3-4-5-14(16)12-6-8-13(9-7-12)17-10-11-19-15(17)18;1-10-4-5-2-3-6(11-5)7(8)9;1-2/h6-9,14H,2-5,10-11H2,1H3;2-3H,4H2,1H3,(H,8,9);1-2H3. The molecular weight excluding hydrogens is 433 g/mol. The van der Waals surface area contributed by atoms with Gasteiger partial charge in [-0.25, -0.2) is 14.0 Å². The summed E-state index contributed by atoms with van der Waals surface area (Å²) >= 11 is 1.24. The molecule has 32 heavy (non-hydrogen) atoms. The smallest absolute Gasteiger partial charge is 0.414 e. The van der Waals surface area contributed by atoms with Gasteiger partial charge < -0.3 is 14.6 Å². The van der Waals surface area contributed by atoms with Gasteiger partial charge in [-0.2, -0.15) is 0 Å². The van der Waals surface area contributed by atoms with Gasteiger partial charge in [-0.15, -0.1) is 11.3 Å². The first-order valence-corrected chi connectivity index (χ1v) is 11.8. The van der Waals surface area contributed by atoms with Crippen LogP contribution in [0, 0.1) is 0 Å². The number of aromatic carboxylic acids is 1. The van der Waals surface area contributed by atoms with Crippen LogP contribution in [0.25, 0.3) is 0 Å². The summed E-state index contributed by atoms with van der Waals surface area (Å²) in [6, 6.07) is 10.4. The lowest BCUT2D eigenvalue weighted by Gasteiger charge is -2.14. The third-order valence-corrected chi connectivity index (χ3v) is 5.59. The summed E-state index contributed by atoms with van der Waals surface area (Å²) in [6.07, 6.45) is 2.41. The molecule has 1 fully saturated rings. The molecule has 1 aliphatic heterocycles. The molecule has 1 aromatic heterocycles. The van der Waals surface area contributed by atoms with Crippen molar-refractivity contribution in [1.82, 2.24) is 0 Å². The highest BCUT2D eigenvalue weighted by atomic mass is 32.1. The van der Waals surface area contributed by atoms with Crippen LogP contribution in [0.4, 0.5) is 14.9 Å². The van der Waals surface area contributed by atoms with E-state index in [0.717, 1.165) is 29.8 Å². The largest absolute Gasteiger partial charge is 0.477 e. The second kappa shape index (κ2) is 15.4. The second-order valence-electron chi connectivity index (χ2n) is 6.82. The Morgan fingerprint density at radius 3 is 2.41 bits per heavy atom. The van der Waals surface area contributed by atoms with E-state index in [-0.39, 0.29) is 6.09 Å². The van der Waals surface area contributed by atoms with Gasteiger partial charge in [-0.05, 0) is 36.2 Å². The van der Waals surface area contributed by atoms with E-state index in [1.165, 1.54) is 11.3 Å². The molecule has 2 heterocycles. The zero-order valence-corrected chi connectivity index (χ0v) is 20.1. The van der Waals surface area contributed by atoms with Gasteiger partial charge in [0.1, 0.15) is 17.7 Å². The number of nitrogens with zero attached hydrogens (tertiary/aromatic N) is 1. The number of unbranched alkanes of at least 4 members (excludes halogenated alkanes) is 2. The Hall–Kier alpha value is -2.45. The van der Waals surface area contributed by atoms with E-state index in [2.05, 4.69) is 6.92 Å². The number of rotatable bonds is 9. The molecule has 2 aromatic rings.